The number of rotatable bonds is 3. The van der Waals surface area contributed by atoms with Crippen LogP contribution in [-0.2, 0) is 6.54 Å². The van der Waals surface area contributed by atoms with E-state index in [1.807, 2.05) is 0 Å². The van der Waals surface area contributed by atoms with Crippen molar-refractivity contribution in [2.45, 2.75) is 6.54 Å². The van der Waals surface area contributed by atoms with Crippen LogP contribution in [0.1, 0.15) is 16.2 Å². The first-order valence-electron chi connectivity index (χ1n) is 5.40. The molecule has 0 unspecified atom stereocenters. The summed E-state index contributed by atoms with van der Waals surface area (Å²) in [5.74, 6) is 0.544. The number of aromatic nitrogens is 5. The molecule has 3 rings (SSSR count). The standard InChI is InChI=1S/C11H10N6O/c18-11(14-6-10-12-3-4-13-10)7-1-2-8-9(5-7)16-17-15-8/h1-5H,6H2,(H,12,13)(H,14,18)(H,15,16,17). The van der Waals surface area contributed by atoms with E-state index in [9.17, 15) is 4.79 Å². The second-order valence-electron chi connectivity index (χ2n) is 3.75. The third-order valence-electron chi connectivity index (χ3n) is 2.55. The van der Waals surface area contributed by atoms with E-state index < -0.39 is 0 Å². The summed E-state index contributed by atoms with van der Waals surface area (Å²) in [6.07, 6.45) is 3.35. The maximum Gasteiger partial charge on any atom is 0.251 e. The van der Waals surface area contributed by atoms with Crippen molar-refractivity contribution in [2.24, 2.45) is 0 Å². The summed E-state index contributed by atoms with van der Waals surface area (Å²) >= 11 is 0. The lowest BCUT2D eigenvalue weighted by Crippen LogP contribution is -2.23. The van der Waals surface area contributed by atoms with E-state index in [-0.39, 0.29) is 5.91 Å². The molecule has 2 aromatic heterocycles. The Bertz CT molecular complexity index is 672. The van der Waals surface area contributed by atoms with Crippen LogP contribution >= 0.6 is 0 Å². The molecular formula is C11H10N6O. The van der Waals surface area contributed by atoms with Crippen LogP contribution in [0.2, 0.25) is 0 Å². The van der Waals surface area contributed by atoms with Crippen LogP contribution in [0.5, 0.6) is 0 Å². The molecule has 1 aromatic carbocycles. The van der Waals surface area contributed by atoms with Gasteiger partial charge in [0.25, 0.3) is 5.91 Å². The van der Waals surface area contributed by atoms with Gasteiger partial charge in [0.05, 0.1) is 6.54 Å². The van der Waals surface area contributed by atoms with E-state index in [2.05, 4.69) is 30.7 Å². The Morgan fingerprint density at radius 3 is 3.00 bits per heavy atom. The minimum atomic E-state index is -0.170. The number of fused-ring (bicyclic) bond motifs is 1. The third-order valence-corrected chi connectivity index (χ3v) is 2.55. The molecule has 7 heteroatoms. The van der Waals surface area contributed by atoms with Crippen molar-refractivity contribution < 1.29 is 4.79 Å². The summed E-state index contributed by atoms with van der Waals surface area (Å²) in [6, 6.07) is 5.15. The monoisotopic (exact) mass is 242 g/mol. The number of aromatic amines is 2. The largest absolute Gasteiger partial charge is 0.347 e. The molecule has 0 fully saturated rings. The average molecular weight is 242 g/mol. The van der Waals surface area contributed by atoms with Crippen LogP contribution in [0.3, 0.4) is 0 Å². The molecule has 0 saturated heterocycles. The first-order valence-corrected chi connectivity index (χ1v) is 5.40. The molecule has 3 aromatic rings. The first-order chi connectivity index (χ1) is 8.83. The zero-order chi connectivity index (χ0) is 12.4. The van der Waals surface area contributed by atoms with Crippen LogP contribution < -0.4 is 5.32 Å². The van der Waals surface area contributed by atoms with Gasteiger partial charge in [-0.1, -0.05) is 0 Å². The Labute approximate surface area is 102 Å². The van der Waals surface area contributed by atoms with Crippen molar-refractivity contribution in [1.82, 2.24) is 30.7 Å². The van der Waals surface area contributed by atoms with Gasteiger partial charge in [0.15, 0.2) is 0 Å². The summed E-state index contributed by atoms with van der Waals surface area (Å²) in [6.45, 7) is 0.364. The second-order valence-corrected chi connectivity index (χ2v) is 3.75. The van der Waals surface area contributed by atoms with E-state index in [1.54, 1.807) is 30.6 Å². The number of imidazole rings is 1. The predicted octanol–water partition coefficient (Wildman–Crippen LogP) is 0.611. The lowest BCUT2D eigenvalue weighted by molar-refractivity contribution is 0.0950. The number of H-pyrrole nitrogens is 2. The molecule has 18 heavy (non-hydrogen) atoms. The number of hydrogen-bond donors (Lipinski definition) is 3. The highest BCUT2D eigenvalue weighted by atomic mass is 16.1. The van der Waals surface area contributed by atoms with Crippen LogP contribution in [0.25, 0.3) is 11.0 Å². The van der Waals surface area contributed by atoms with Crippen LogP contribution in [0, 0.1) is 0 Å². The molecular weight excluding hydrogens is 232 g/mol. The Balaban J connectivity index is 1.75. The Hall–Kier alpha value is -2.70. The molecule has 0 atom stereocenters. The normalized spacial score (nSPS) is 10.7. The lowest BCUT2D eigenvalue weighted by Gasteiger charge is -2.02. The van der Waals surface area contributed by atoms with Gasteiger partial charge in [-0.15, -0.1) is 0 Å². The van der Waals surface area contributed by atoms with Gasteiger partial charge in [-0.05, 0) is 18.2 Å². The van der Waals surface area contributed by atoms with Gasteiger partial charge in [-0.3, -0.25) is 4.79 Å². The molecule has 7 nitrogen and oxygen atoms in total. The number of nitrogens with zero attached hydrogens (tertiary/aromatic N) is 3. The molecule has 0 aliphatic heterocycles. The van der Waals surface area contributed by atoms with Crippen LogP contribution in [0.15, 0.2) is 30.6 Å². The molecule has 0 bridgehead atoms. The highest BCUT2D eigenvalue weighted by molar-refractivity contribution is 5.97. The van der Waals surface area contributed by atoms with Crippen LogP contribution in [0.4, 0.5) is 0 Å². The van der Waals surface area contributed by atoms with E-state index in [1.165, 1.54) is 0 Å². The molecule has 0 saturated carbocycles. The Morgan fingerprint density at radius 1 is 1.28 bits per heavy atom. The third kappa shape index (κ3) is 1.93. The van der Waals surface area contributed by atoms with Gasteiger partial charge in [0.1, 0.15) is 16.9 Å². The number of amides is 1. The number of carbonyl (C=O) groups is 1. The number of carbonyl (C=O) groups excluding carboxylic acids is 1. The predicted molar refractivity (Wildman–Crippen MR) is 63.6 cm³/mol. The van der Waals surface area contributed by atoms with Crippen molar-refractivity contribution in [2.75, 3.05) is 0 Å². The smallest absolute Gasteiger partial charge is 0.251 e. The summed E-state index contributed by atoms with van der Waals surface area (Å²) < 4.78 is 0. The zero-order valence-corrected chi connectivity index (χ0v) is 9.34. The summed E-state index contributed by atoms with van der Waals surface area (Å²) in [5.41, 5.74) is 1.95. The van der Waals surface area contributed by atoms with Crippen molar-refractivity contribution in [1.29, 1.82) is 0 Å². The summed E-state index contributed by atoms with van der Waals surface area (Å²) in [4.78, 5) is 18.8. The average Bonchev–Trinajstić information content (AvgIpc) is 3.05. The fraction of sp³-hybridized carbons (Fsp3) is 0.0909. The maximum absolute atomic E-state index is 11.9. The number of hydrogen-bond acceptors (Lipinski definition) is 4. The first kappa shape index (κ1) is 10.5. The highest BCUT2D eigenvalue weighted by Crippen LogP contribution is 2.10. The van der Waals surface area contributed by atoms with E-state index >= 15 is 0 Å². The summed E-state index contributed by atoms with van der Waals surface area (Å²) in [7, 11) is 0. The van der Waals surface area contributed by atoms with Crippen LogP contribution in [-0.4, -0.2) is 31.3 Å². The molecule has 3 N–H and O–H groups in total. The molecule has 0 aliphatic carbocycles. The second kappa shape index (κ2) is 4.28. The highest BCUT2D eigenvalue weighted by Gasteiger charge is 2.08. The minimum absolute atomic E-state index is 0.170. The maximum atomic E-state index is 11.9. The Kier molecular flexibility index (Phi) is 2.49. The summed E-state index contributed by atoms with van der Waals surface area (Å²) in [5, 5.41) is 13.1. The zero-order valence-electron chi connectivity index (χ0n) is 9.34. The topological polar surface area (TPSA) is 99.4 Å². The van der Waals surface area contributed by atoms with E-state index in [4.69, 9.17) is 0 Å². The van der Waals surface area contributed by atoms with Crippen molar-refractivity contribution >= 4 is 16.9 Å². The van der Waals surface area contributed by atoms with Gasteiger partial charge >= 0.3 is 0 Å². The lowest BCUT2D eigenvalue weighted by atomic mass is 10.2. The SMILES string of the molecule is O=C(NCc1ncc[nH]1)c1ccc2n[nH]nc2c1. The fourth-order valence-corrected chi connectivity index (χ4v) is 1.64. The molecule has 2 heterocycles. The van der Waals surface area contributed by atoms with Gasteiger partial charge in [-0.2, -0.15) is 15.4 Å². The molecule has 90 valence electrons. The van der Waals surface area contributed by atoms with E-state index in [0.717, 1.165) is 5.52 Å². The number of benzene rings is 1. The molecule has 0 spiro atoms. The fourth-order valence-electron chi connectivity index (χ4n) is 1.64. The molecule has 0 radical (unpaired) electrons. The van der Waals surface area contributed by atoms with Crippen molar-refractivity contribution in [3.8, 4) is 0 Å². The number of nitrogens with one attached hydrogen (secondary N) is 3. The van der Waals surface area contributed by atoms with E-state index in [0.29, 0.717) is 23.4 Å². The van der Waals surface area contributed by atoms with Gasteiger partial charge in [-0.25, -0.2) is 4.98 Å². The van der Waals surface area contributed by atoms with Crippen molar-refractivity contribution in [3.05, 3.63) is 42.0 Å². The van der Waals surface area contributed by atoms with Gasteiger partial charge < -0.3 is 10.3 Å². The molecule has 1 amide bonds. The quantitative estimate of drug-likeness (QED) is 0.626. The van der Waals surface area contributed by atoms with Gasteiger partial charge in [0, 0.05) is 18.0 Å². The Morgan fingerprint density at radius 2 is 2.17 bits per heavy atom. The van der Waals surface area contributed by atoms with Gasteiger partial charge in [0.2, 0.25) is 0 Å². The molecule has 0 aliphatic rings. The minimum Gasteiger partial charge on any atom is -0.347 e. The van der Waals surface area contributed by atoms with Crippen molar-refractivity contribution in [3.63, 3.8) is 0 Å².